The predicted molar refractivity (Wildman–Crippen MR) is 63.7 cm³/mol. The number of Topliss-reactive ketones (excluding diaryl/α,β-unsaturated/α-hetero) is 1. The summed E-state index contributed by atoms with van der Waals surface area (Å²) in [5, 5.41) is 0. The quantitative estimate of drug-likeness (QED) is 0.698. The van der Waals surface area contributed by atoms with Crippen LogP contribution in [0.5, 0.6) is 0 Å². The smallest absolute Gasteiger partial charge is 0.312 e. The van der Waals surface area contributed by atoms with E-state index in [1.807, 2.05) is 6.92 Å². The van der Waals surface area contributed by atoms with Crippen molar-refractivity contribution in [3.63, 3.8) is 0 Å². The molecule has 0 radical (unpaired) electrons. The van der Waals surface area contributed by atoms with Crippen LogP contribution in [0.3, 0.4) is 0 Å². The first-order valence-electron chi connectivity index (χ1n) is 6.67. The Hall–Kier alpha value is -0.900. The molecule has 100 valence electrons. The molecule has 6 unspecified atom stereocenters. The average Bonchev–Trinajstić information content (AvgIpc) is 2.89. The Balaban J connectivity index is 2.17. The lowest BCUT2D eigenvalue weighted by atomic mass is 9.58. The number of carbonyl (C=O) groups is 2. The number of esters is 1. The molecule has 4 heteroatoms. The summed E-state index contributed by atoms with van der Waals surface area (Å²) in [6, 6.07) is 0. The average molecular weight is 252 g/mol. The number of hydrogen-bond acceptors (Lipinski definition) is 4. The Bertz CT molecular complexity index is 430. The molecule has 1 saturated heterocycles. The molecular formula is C14H20O4. The van der Waals surface area contributed by atoms with Crippen LogP contribution < -0.4 is 0 Å². The lowest BCUT2D eigenvalue weighted by molar-refractivity contribution is -0.166. The van der Waals surface area contributed by atoms with Crippen LogP contribution in [0.1, 0.15) is 27.2 Å². The lowest BCUT2D eigenvalue weighted by Gasteiger charge is -2.42. The maximum atomic E-state index is 12.4. The van der Waals surface area contributed by atoms with E-state index in [-0.39, 0.29) is 41.0 Å². The van der Waals surface area contributed by atoms with Gasteiger partial charge in [0.25, 0.3) is 0 Å². The maximum Gasteiger partial charge on any atom is 0.312 e. The molecule has 0 spiro atoms. The van der Waals surface area contributed by atoms with Gasteiger partial charge in [0.05, 0.1) is 19.1 Å². The van der Waals surface area contributed by atoms with Crippen molar-refractivity contribution in [3.8, 4) is 0 Å². The third-order valence-electron chi connectivity index (χ3n) is 5.99. The fraction of sp³-hybridized carbons (Fsp3) is 0.857. The second kappa shape index (κ2) is 3.35. The molecule has 2 saturated carbocycles. The number of methoxy groups -OCH3 is 1. The van der Waals surface area contributed by atoms with Gasteiger partial charge in [0.1, 0.15) is 6.10 Å². The Morgan fingerprint density at radius 3 is 2.72 bits per heavy atom. The zero-order valence-corrected chi connectivity index (χ0v) is 11.4. The summed E-state index contributed by atoms with van der Waals surface area (Å²) < 4.78 is 10.7. The Kier molecular flexibility index (Phi) is 2.26. The van der Waals surface area contributed by atoms with Gasteiger partial charge in [0.15, 0.2) is 5.78 Å². The van der Waals surface area contributed by atoms with Crippen molar-refractivity contribution in [1.82, 2.24) is 0 Å². The van der Waals surface area contributed by atoms with E-state index in [1.165, 1.54) is 7.11 Å². The summed E-state index contributed by atoms with van der Waals surface area (Å²) in [6.45, 7) is 6.57. The minimum atomic E-state index is -0.725. The molecular weight excluding hydrogens is 232 g/mol. The van der Waals surface area contributed by atoms with Gasteiger partial charge in [-0.25, -0.2) is 0 Å². The van der Waals surface area contributed by atoms with Crippen molar-refractivity contribution in [2.45, 2.75) is 33.3 Å². The van der Waals surface area contributed by atoms with Crippen molar-refractivity contribution in [1.29, 1.82) is 0 Å². The number of rotatable bonds is 2. The van der Waals surface area contributed by atoms with E-state index in [0.29, 0.717) is 6.61 Å². The minimum Gasteiger partial charge on any atom is -0.469 e. The van der Waals surface area contributed by atoms with E-state index in [9.17, 15) is 9.59 Å². The first-order chi connectivity index (χ1) is 8.43. The summed E-state index contributed by atoms with van der Waals surface area (Å²) in [5.41, 5.74) is -0.985. The van der Waals surface area contributed by atoms with Crippen LogP contribution in [0.25, 0.3) is 0 Å². The third-order valence-corrected chi connectivity index (χ3v) is 5.99. The Morgan fingerprint density at radius 1 is 1.50 bits per heavy atom. The van der Waals surface area contributed by atoms with Crippen molar-refractivity contribution in [3.05, 3.63) is 0 Å². The van der Waals surface area contributed by atoms with Crippen LogP contribution >= 0.6 is 0 Å². The van der Waals surface area contributed by atoms with Crippen molar-refractivity contribution in [2.75, 3.05) is 13.7 Å². The highest BCUT2D eigenvalue weighted by Gasteiger charge is 2.79. The summed E-state index contributed by atoms with van der Waals surface area (Å²) in [6.07, 6.45) is 0.644. The van der Waals surface area contributed by atoms with Gasteiger partial charge in [-0.1, -0.05) is 20.3 Å². The highest BCUT2D eigenvalue weighted by Crippen LogP contribution is 2.71. The van der Waals surface area contributed by atoms with E-state index in [2.05, 4.69) is 13.8 Å². The minimum absolute atomic E-state index is 0.120. The van der Waals surface area contributed by atoms with Crippen LogP contribution in [0.2, 0.25) is 0 Å². The number of ether oxygens (including phenoxy) is 2. The summed E-state index contributed by atoms with van der Waals surface area (Å²) in [7, 11) is 1.40. The predicted octanol–water partition coefficient (Wildman–Crippen LogP) is 1.43. The molecule has 0 N–H and O–H groups in total. The summed E-state index contributed by atoms with van der Waals surface area (Å²) in [5.74, 6) is 0.0867. The van der Waals surface area contributed by atoms with Gasteiger partial charge in [-0.15, -0.1) is 0 Å². The molecule has 1 aliphatic heterocycles. The van der Waals surface area contributed by atoms with E-state index >= 15 is 0 Å². The van der Waals surface area contributed by atoms with Gasteiger partial charge in [-0.05, 0) is 12.8 Å². The van der Waals surface area contributed by atoms with Gasteiger partial charge in [0, 0.05) is 17.3 Å². The van der Waals surface area contributed by atoms with Crippen LogP contribution in [0, 0.1) is 28.6 Å². The van der Waals surface area contributed by atoms with Crippen LogP contribution in [0.15, 0.2) is 0 Å². The lowest BCUT2D eigenvalue weighted by Crippen LogP contribution is -2.52. The van der Waals surface area contributed by atoms with Crippen LogP contribution in [-0.4, -0.2) is 31.6 Å². The number of ketones is 1. The number of carbonyl (C=O) groups excluding carboxylic acids is 2. The summed E-state index contributed by atoms with van der Waals surface area (Å²) in [4.78, 5) is 24.7. The first-order valence-corrected chi connectivity index (χ1v) is 6.67. The standard InChI is InChI=1S/C14H20O4/c1-5-7-8-10(15)11-9(7)13(2,6-18-11)14(8,3)12(16)17-4/h7-9,11H,5-6H2,1-4H3. The molecule has 2 aliphatic carbocycles. The zero-order chi connectivity index (χ0) is 13.3. The van der Waals surface area contributed by atoms with E-state index in [1.54, 1.807) is 0 Å². The SMILES string of the molecule is CCC1C2C3OCC2(C)C(C)(C(=O)OC)C1C3=O. The van der Waals surface area contributed by atoms with E-state index in [0.717, 1.165) is 6.42 Å². The molecule has 3 fully saturated rings. The number of fused-ring (bicyclic) bond motifs is 1. The van der Waals surface area contributed by atoms with E-state index in [4.69, 9.17) is 9.47 Å². The van der Waals surface area contributed by atoms with Crippen molar-refractivity contribution in [2.24, 2.45) is 28.6 Å². The molecule has 18 heavy (non-hydrogen) atoms. The highest BCUT2D eigenvalue weighted by molar-refractivity contribution is 5.97. The van der Waals surface area contributed by atoms with Gasteiger partial charge < -0.3 is 9.47 Å². The van der Waals surface area contributed by atoms with Gasteiger partial charge in [0.2, 0.25) is 0 Å². The second-order valence-electron chi connectivity index (χ2n) is 6.32. The number of hydrogen-bond donors (Lipinski definition) is 0. The fourth-order valence-electron chi connectivity index (χ4n) is 4.97. The molecule has 2 bridgehead atoms. The van der Waals surface area contributed by atoms with Crippen LogP contribution in [0.4, 0.5) is 0 Å². The summed E-state index contributed by atoms with van der Waals surface area (Å²) >= 11 is 0. The second-order valence-corrected chi connectivity index (χ2v) is 6.32. The molecule has 3 rings (SSSR count). The Morgan fingerprint density at radius 2 is 2.17 bits per heavy atom. The van der Waals surface area contributed by atoms with Crippen molar-refractivity contribution >= 4 is 11.8 Å². The van der Waals surface area contributed by atoms with Gasteiger partial charge >= 0.3 is 5.97 Å². The fourth-order valence-corrected chi connectivity index (χ4v) is 4.97. The normalized spacial score (nSPS) is 53.0. The molecule has 0 aromatic rings. The van der Waals surface area contributed by atoms with Crippen molar-refractivity contribution < 1.29 is 19.1 Å². The monoisotopic (exact) mass is 252 g/mol. The van der Waals surface area contributed by atoms with Gasteiger partial charge in [-0.3, -0.25) is 9.59 Å². The molecule has 3 aliphatic rings. The highest BCUT2D eigenvalue weighted by atomic mass is 16.5. The van der Waals surface area contributed by atoms with E-state index < -0.39 is 5.41 Å². The van der Waals surface area contributed by atoms with Crippen LogP contribution in [-0.2, 0) is 19.1 Å². The zero-order valence-electron chi connectivity index (χ0n) is 11.4. The first kappa shape index (κ1) is 12.2. The molecule has 4 nitrogen and oxygen atoms in total. The maximum absolute atomic E-state index is 12.4. The molecule has 6 atom stereocenters. The molecule has 0 amide bonds. The molecule has 0 aromatic carbocycles. The molecule has 1 heterocycles. The molecule has 0 aromatic heterocycles. The van der Waals surface area contributed by atoms with Gasteiger partial charge in [-0.2, -0.15) is 0 Å². The largest absolute Gasteiger partial charge is 0.469 e. The topological polar surface area (TPSA) is 52.6 Å². The third kappa shape index (κ3) is 0.954. The Labute approximate surface area is 107 Å².